The highest BCUT2D eigenvalue weighted by molar-refractivity contribution is 5.65. The number of hydrogen-bond acceptors (Lipinski definition) is 2. The zero-order valence-electron chi connectivity index (χ0n) is 5.29. The SMILES string of the molecule is CN(C(=O)O)C1CNC1. The van der Waals surface area contributed by atoms with E-state index in [0.717, 1.165) is 13.1 Å². The molecule has 0 unspecified atom stereocenters. The van der Waals surface area contributed by atoms with Crippen molar-refractivity contribution in [3.05, 3.63) is 0 Å². The number of carboxylic acid groups (broad SMARTS) is 1. The molecular weight excluding hydrogens is 120 g/mol. The fraction of sp³-hybridized carbons (Fsp3) is 0.800. The number of nitrogens with one attached hydrogen (secondary N) is 1. The Balaban J connectivity index is 2.32. The molecule has 0 bridgehead atoms. The summed E-state index contributed by atoms with van der Waals surface area (Å²) in [6.07, 6.45) is -0.846. The van der Waals surface area contributed by atoms with Gasteiger partial charge in [-0.1, -0.05) is 0 Å². The molecule has 9 heavy (non-hydrogen) atoms. The standard InChI is InChI=1S/C5H10N2O2/c1-7(5(8)9)4-2-6-3-4/h4,6H,2-3H2,1H3,(H,8,9). The van der Waals surface area contributed by atoms with Gasteiger partial charge in [-0.15, -0.1) is 0 Å². The lowest BCUT2D eigenvalue weighted by Crippen LogP contribution is -2.57. The Morgan fingerprint density at radius 3 is 2.44 bits per heavy atom. The van der Waals surface area contributed by atoms with Gasteiger partial charge in [0, 0.05) is 20.1 Å². The topological polar surface area (TPSA) is 52.6 Å². The second-order valence-electron chi connectivity index (χ2n) is 2.21. The van der Waals surface area contributed by atoms with Gasteiger partial charge in [0.25, 0.3) is 0 Å². The number of likely N-dealkylation sites (N-methyl/N-ethyl adjacent to an activating group) is 1. The molecule has 0 aromatic carbocycles. The van der Waals surface area contributed by atoms with Crippen LogP contribution in [0.15, 0.2) is 0 Å². The average Bonchev–Trinajstić information content (AvgIpc) is 1.60. The smallest absolute Gasteiger partial charge is 0.407 e. The van der Waals surface area contributed by atoms with E-state index in [-0.39, 0.29) is 6.04 Å². The van der Waals surface area contributed by atoms with Crippen LogP contribution in [0.2, 0.25) is 0 Å². The van der Waals surface area contributed by atoms with Crippen LogP contribution < -0.4 is 5.32 Å². The fourth-order valence-electron chi connectivity index (χ4n) is 0.703. The first-order valence-electron chi connectivity index (χ1n) is 2.88. The van der Waals surface area contributed by atoms with Crippen LogP contribution in [0.4, 0.5) is 4.79 Å². The molecule has 1 aliphatic heterocycles. The number of nitrogens with zero attached hydrogens (tertiary/aromatic N) is 1. The predicted molar refractivity (Wildman–Crippen MR) is 32.4 cm³/mol. The molecule has 1 rings (SSSR count). The Kier molecular flexibility index (Phi) is 1.57. The second kappa shape index (κ2) is 2.23. The first-order chi connectivity index (χ1) is 4.22. The molecule has 4 nitrogen and oxygen atoms in total. The Morgan fingerprint density at radius 1 is 1.78 bits per heavy atom. The van der Waals surface area contributed by atoms with E-state index < -0.39 is 6.09 Å². The van der Waals surface area contributed by atoms with Crippen LogP contribution in [0.3, 0.4) is 0 Å². The van der Waals surface area contributed by atoms with E-state index in [1.165, 1.54) is 4.90 Å². The van der Waals surface area contributed by atoms with E-state index in [1.54, 1.807) is 7.05 Å². The predicted octanol–water partition coefficient (Wildman–Crippen LogP) is -0.432. The molecule has 0 saturated carbocycles. The molecule has 4 heteroatoms. The largest absolute Gasteiger partial charge is 0.465 e. The first kappa shape index (κ1) is 6.35. The van der Waals surface area contributed by atoms with Crippen molar-refractivity contribution in [2.45, 2.75) is 6.04 Å². The molecule has 1 saturated heterocycles. The van der Waals surface area contributed by atoms with Gasteiger partial charge >= 0.3 is 6.09 Å². The minimum atomic E-state index is -0.846. The monoisotopic (exact) mass is 130 g/mol. The van der Waals surface area contributed by atoms with Crippen molar-refractivity contribution < 1.29 is 9.90 Å². The van der Waals surface area contributed by atoms with E-state index in [2.05, 4.69) is 5.32 Å². The number of hydrogen-bond donors (Lipinski definition) is 2. The third-order valence-electron chi connectivity index (χ3n) is 1.61. The Labute approximate surface area is 53.5 Å². The van der Waals surface area contributed by atoms with Crippen LogP contribution in [-0.2, 0) is 0 Å². The maximum Gasteiger partial charge on any atom is 0.407 e. The van der Waals surface area contributed by atoms with Crippen LogP contribution in [0.5, 0.6) is 0 Å². The third kappa shape index (κ3) is 1.13. The molecule has 0 radical (unpaired) electrons. The summed E-state index contributed by atoms with van der Waals surface area (Å²) in [4.78, 5) is 11.6. The van der Waals surface area contributed by atoms with Gasteiger partial charge in [-0.3, -0.25) is 0 Å². The zero-order valence-corrected chi connectivity index (χ0v) is 5.29. The average molecular weight is 130 g/mol. The van der Waals surface area contributed by atoms with Crippen LogP contribution in [-0.4, -0.2) is 42.3 Å². The zero-order chi connectivity index (χ0) is 6.85. The van der Waals surface area contributed by atoms with Gasteiger partial charge < -0.3 is 15.3 Å². The molecule has 0 spiro atoms. The van der Waals surface area contributed by atoms with Gasteiger partial charge in [0.2, 0.25) is 0 Å². The van der Waals surface area contributed by atoms with Crippen molar-refractivity contribution >= 4 is 6.09 Å². The maximum atomic E-state index is 10.2. The van der Waals surface area contributed by atoms with Gasteiger partial charge in [0.15, 0.2) is 0 Å². The molecule has 0 atom stereocenters. The van der Waals surface area contributed by atoms with Gasteiger partial charge in [-0.05, 0) is 0 Å². The van der Waals surface area contributed by atoms with E-state index in [1.807, 2.05) is 0 Å². The lowest BCUT2D eigenvalue weighted by molar-refractivity contribution is 0.122. The minimum Gasteiger partial charge on any atom is -0.465 e. The van der Waals surface area contributed by atoms with Crippen molar-refractivity contribution in [2.75, 3.05) is 20.1 Å². The van der Waals surface area contributed by atoms with Gasteiger partial charge in [0.05, 0.1) is 6.04 Å². The summed E-state index contributed by atoms with van der Waals surface area (Å²) >= 11 is 0. The van der Waals surface area contributed by atoms with Gasteiger partial charge in [-0.2, -0.15) is 0 Å². The normalized spacial score (nSPS) is 18.8. The highest BCUT2D eigenvalue weighted by Gasteiger charge is 2.24. The van der Waals surface area contributed by atoms with E-state index >= 15 is 0 Å². The summed E-state index contributed by atoms with van der Waals surface area (Å²) in [5.74, 6) is 0. The molecule has 1 fully saturated rings. The molecule has 1 heterocycles. The summed E-state index contributed by atoms with van der Waals surface area (Å²) in [6.45, 7) is 1.59. The van der Waals surface area contributed by atoms with Crippen molar-refractivity contribution in [3.8, 4) is 0 Å². The second-order valence-corrected chi connectivity index (χ2v) is 2.21. The molecular formula is C5H10N2O2. The summed E-state index contributed by atoms with van der Waals surface area (Å²) < 4.78 is 0. The Morgan fingerprint density at radius 2 is 2.33 bits per heavy atom. The van der Waals surface area contributed by atoms with Crippen molar-refractivity contribution in [2.24, 2.45) is 0 Å². The van der Waals surface area contributed by atoms with Crippen molar-refractivity contribution in [3.63, 3.8) is 0 Å². The fourth-order valence-corrected chi connectivity index (χ4v) is 0.703. The summed E-state index contributed by atoms with van der Waals surface area (Å²) in [6, 6.07) is 0.197. The highest BCUT2D eigenvalue weighted by atomic mass is 16.4. The summed E-state index contributed by atoms with van der Waals surface area (Å²) in [7, 11) is 1.59. The van der Waals surface area contributed by atoms with Crippen LogP contribution >= 0.6 is 0 Å². The quantitative estimate of drug-likeness (QED) is 0.506. The number of rotatable bonds is 1. The molecule has 0 aromatic rings. The Bertz CT molecular complexity index is 122. The number of carbonyl (C=O) groups is 1. The summed E-state index contributed by atoms with van der Waals surface area (Å²) in [5, 5.41) is 11.4. The van der Waals surface area contributed by atoms with Crippen molar-refractivity contribution in [1.82, 2.24) is 10.2 Å². The molecule has 1 aliphatic rings. The molecule has 2 N–H and O–H groups in total. The van der Waals surface area contributed by atoms with Gasteiger partial charge in [-0.25, -0.2) is 4.79 Å². The van der Waals surface area contributed by atoms with E-state index in [4.69, 9.17) is 5.11 Å². The highest BCUT2D eigenvalue weighted by Crippen LogP contribution is 2.00. The minimum absolute atomic E-state index is 0.197. The summed E-state index contributed by atoms with van der Waals surface area (Å²) in [5.41, 5.74) is 0. The van der Waals surface area contributed by atoms with Crippen molar-refractivity contribution in [1.29, 1.82) is 0 Å². The lowest BCUT2D eigenvalue weighted by atomic mass is 10.2. The third-order valence-corrected chi connectivity index (χ3v) is 1.61. The Hall–Kier alpha value is -0.770. The van der Waals surface area contributed by atoms with E-state index in [0.29, 0.717) is 0 Å². The van der Waals surface area contributed by atoms with E-state index in [9.17, 15) is 4.79 Å². The van der Waals surface area contributed by atoms with Gasteiger partial charge in [0.1, 0.15) is 0 Å². The first-order valence-corrected chi connectivity index (χ1v) is 2.88. The van der Waals surface area contributed by atoms with Crippen LogP contribution in [0.1, 0.15) is 0 Å². The molecule has 0 aromatic heterocycles. The molecule has 52 valence electrons. The van der Waals surface area contributed by atoms with Crippen LogP contribution in [0, 0.1) is 0 Å². The molecule has 0 aliphatic carbocycles. The maximum absolute atomic E-state index is 10.2. The number of amides is 1. The molecule has 1 amide bonds. The van der Waals surface area contributed by atoms with Crippen LogP contribution in [0.25, 0.3) is 0 Å². The lowest BCUT2D eigenvalue weighted by Gasteiger charge is -2.33.